The van der Waals surface area contributed by atoms with E-state index in [4.69, 9.17) is 0 Å². The third-order valence-corrected chi connectivity index (χ3v) is 7.16. The molecule has 2 saturated heterocycles. The lowest BCUT2D eigenvalue weighted by Gasteiger charge is -2.42. The predicted molar refractivity (Wildman–Crippen MR) is 118 cm³/mol. The van der Waals surface area contributed by atoms with Crippen molar-refractivity contribution in [1.82, 2.24) is 19.7 Å². The molecule has 0 saturated carbocycles. The van der Waals surface area contributed by atoms with Gasteiger partial charge in [-0.3, -0.25) is 19.6 Å². The van der Waals surface area contributed by atoms with Crippen molar-refractivity contribution in [3.05, 3.63) is 65.5 Å². The van der Waals surface area contributed by atoms with Crippen molar-refractivity contribution in [1.29, 1.82) is 0 Å². The molecular formula is C25H32N4O. The van der Waals surface area contributed by atoms with Gasteiger partial charge in [-0.1, -0.05) is 30.3 Å². The Morgan fingerprint density at radius 3 is 2.43 bits per heavy atom. The summed E-state index contributed by atoms with van der Waals surface area (Å²) in [4.78, 5) is 24.7. The molecule has 3 aliphatic rings. The van der Waals surface area contributed by atoms with E-state index >= 15 is 0 Å². The molecule has 4 heterocycles. The van der Waals surface area contributed by atoms with Crippen LogP contribution in [0.5, 0.6) is 0 Å². The second kappa shape index (κ2) is 8.86. The van der Waals surface area contributed by atoms with Crippen LogP contribution >= 0.6 is 0 Å². The van der Waals surface area contributed by atoms with E-state index < -0.39 is 0 Å². The average Bonchev–Trinajstić information content (AvgIpc) is 3.24. The fourth-order valence-corrected chi connectivity index (χ4v) is 5.48. The van der Waals surface area contributed by atoms with Crippen LogP contribution in [0.2, 0.25) is 0 Å². The minimum atomic E-state index is 0.168. The lowest BCUT2D eigenvalue weighted by atomic mass is 9.93. The first kappa shape index (κ1) is 19.7. The Bertz CT molecular complexity index is 837. The molecular weight excluding hydrogens is 372 g/mol. The van der Waals surface area contributed by atoms with Gasteiger partial charge in [0.1, 0.15) is 0 Å². The summed E-state index contributed by atoms with van der Waals surface area (Å²) < 4.78 is 0. The van der Waals surface area contributed by atoms with Crippen molar-refractivity contribution in [3.63, 3.8) is 0 Å². The number of hydrogen-bond donors (Lipinski definition) is 0. The zero-order chi connectivity index (χ0) is 20.3. The number of pyridine rings is 1. The van der Waals surface area contributed by atoms with E-state index in [1.54, 1.807) is 0 Å². The van der Waals surface area contributed by atoms with Crippen molar-refractivity contribution >= 4 is 5.91 Å². The second-order valence-electron chi connectivity index (χ2n) is 9.17. The van der Waals surface area contributed by atoms with Crippen LogP contribution in [-0.2, 0) is 24.4 Å². The molecule has 5 nitrogen and oxygen atoms in total. The number of carbonyl (C=O) groups excluding carboxylic acids is 1. The van der Waals surface area contributed by atoms with Gasteiger partial charge in [-0.05, 0) is 68.1 Å². The van der Waals surface area contributed by atoms with Gasteiger partial charge in [0.25, 0.3) is 0 Å². The number of aromatic nitrogens is 1. The molecule has 2 fully saturated rings. The Hall–Kier alpha value is -2.24. The number of hydrogen-bond acceptors (Lipinski definition) is 4. The van der Waals surface area contributed by atoms with Gasteiger partial charge in [0.2, 0.25) is 5.91 Å². The zero-order valence-corrected chi connectivity index (χ0v) is 17.7. The highest BCUT2D eigenvalue weighted by Crippen LogP contribution is 2.29. The van der Waals surface area contributed by atoms with E-state index in [0.29, 0.717) is 11.9 Å². The van der Waals surface area contributed by atoms with E-state index in [1.807, 2.05) is 18.5 Å². The highest BCUT2D eigenvalue weighted by Gasteiger charge is 2.35. The van der Waals surface area contributed by atoms with Gasteiger partial charge in [-0.2, -0.15) is 0 Å². The molecule has 0 unspecified atom stereocenters. The molecule has 5 heteroatoms. The predicted octanol–water partition coefficient (Wildman–Crippen LogP) is 3.30. The SMILES string of the molecule is O=C([C@@H]1CCCN(C2CCN(Cc3cccnc3)CC2)C1)N1Cc2ccccc2C1. The Morgan fingerprint density at radius 2 is 1.73 bits per heavy atom. The van der Waals surface area contributed by atoms with E-state index in [9.17, 15) is 4.79 Å². The number of carbonyl (C=O) groups is 1. The molecule has 30 heavy (non-hydrogen) atoms. The summed E-state index contributed by atoms with van der Waals surface area (Å²) in [5, 5.41) is 0. The van der Waals surface area contributed by atoms with Crippen LogP contribution in [0.15, 0.2) is 48.8 Å². The molecule has 1 aromatic heterocycles. The number of amides is 1. The Labute approximate surface area is 179 Å². The van der Waals surface area contributed by atoms with Gasteiger partial charge in [0.15, 0.2) is 0 Å². The van der Waals surface area contributed by atoms with E-state index in [-0.39, 0.29) is 5.92 Å². The minimum Gasteiger partial charge on any atom is -0.334 e. The molecule has 1 aromatic carbocycles. The largest absolute Gasteiger partial charge is 0.334 e. The molecule has 0 bridgehead atoms. The Morgan fingerprint density at radius 1 is 0.967 bits per heavy atom. The summed E-state index contributed by atoms with van der Waals surface area (Å²) in [6, 6.07) is 13.3. The van der Waals surface area contributed by atoms with Gasteiger partial charge in [0, 0.05) is 44.6 Å². The molecule has 5 rings (SSSR count). The first-order valence-corrected chi connectivity index (χ1v) is 11.5. The quantitative estimate of drug-likeness (QED) is 0.784. The summed E-state index contributed by atoms with van der Waals surface area (Å²) >= 11 is 0. The van der Waals surface area contributed by atoms with E-state index in [1.165, 1.54) is 29.5 Å². The standard InChI is InChI=1S/C25H32N4O/c30-25(29-17-21-6-1-2-7-22(21)18-29)23-8-4-12-28(19-23)24-9-13-27(14-10-24)16-20-5-3-11-26-15-20/h1-3,5-7,11,15,23-24H,4,8-10,12-14,16-19H2/t23-/m1/s1. The van der Waals surface area contributed by atoms with Crippen molar-refractivity contribution in [2.24, 2.45) is 5.92 Å². The molecule has 0 radical (unpaired) electrons. The molecule has 2 aromatic rings. The highest BCUT2D eigenvalue weighted by atomic mass is 16.2. The van der Waals surface area contributed by atoms with Crippen LogP contribution in [0.4, 0.5) is 0 Å². The summed E-state index contributed by atoms with van der Waals surface area (Å²) in [5.41, 5.74) is 3.94. The first-order valence-electron chi connectivity index (χ1n) is 11.5. The number of benzene rings is 1. The van der Waals surface area contributed by atoms with Crippen LogP contribution in [-0.4, -0.2) is 57.8 Å². The van der Waals surface area contributed by atoms with Gasteiger partial charge >= 0.3 is 0 Å². The minimum absolute atomic E-state index is 0.168. The Balaban J connectivity index is 1.13. The third-order valence-electron chi connectivity index (χ3n) is 7.16. The molecule has 158 valence electrons. The molecule has 3 aliphatic heterocycles. The maximum Gasteiger partial charge on any atom is 0.227 e. The average molecular weight is 405 g/mol. The van der Waals surface area contributed by atoms with Gasteiger partial charge in [-0.25, -0.2) is 0 Å². The van der Waals surface area contributed by atoms with Crippen molar-refractivity contribution in [2.45, 2.75) is 51.4 Å². The topological polar surface area (TPSA) is 39.7 Å². The molecule has 0 N–H and O–H groups in total. The normalized spacial score (nSPS) is 23.5. The third kappa shape index (κ3) is 4.28. The maximum atomic E-state index is 13.2. The smallest absolute Gasteiger partial charge is 0.227 e. The van der Waals surface area contributed by atoms with Crippen LogP contribution < -0.4 is 0 Å². The monoisotopic (exact) mass is 404 g/mol. The fraction of sp³-hybridized carbons (Fsp3) is 0.520. The van der Waals surface area contributed by atoms with Gasteiger partial charge in [0.05, 0.1) is 5.92 Å². The van der Waals surface area contributed by atoms with Crippen molar-refractivity contribution in [2.75, 3.05) is 26.2 Å². The number of fused-ring (bicyclic) bond motifs is 1. The van der Waals surface area contributed by atoms with Crippen LogP contribution in [0, 0.1) is 5.92 Å². The molecule has 1 atom stereocenters. The first-order chi connectivity index (χ1) is 14.8. The van der Waals surface area contributed by atoms with Crippen LogP contribution in [0.25, 0.3) is 0 Å². The number of rotatable bonds is 4. The van der Waals surface area contributed by atoms with Crippen molar-refractivity contribution in [3.8, 4) is 0 Å². The summed E-state index contributed by atoms with van der Waals surface area (Å²) in [5.74, 6) is 0.534. The highest BCUT2D eigenvalue weighted by molar-refractivity contribution is 5.80. The molecule has 1 amide bonds. The second-order valence-corrected chi connectivity index (χ2v) is 9.17. The molecule has 0 aliphatic carbocycles. The van der Waals surface area contributed by atoms with Crippen LogP contribution in [0.1, 0.15) is 42.4 Å². The Kier molecular flexibility index (Phi) is 5.82. The van der Waals surface area contributed by atoms with E-state index in [0.717, 1.165) is 58.7 Å². The van der Waals surface area contributed by atoms with Gasteiger partial charge < -0.3 is 4.90 Å². The van der Waals surface area contributed by atoms with Crippen LogP contribution in [0.3, 0.4) is 0 Å². The zero-order valence-electron chi connectivity index (χ0n) is 17.7. The lowest BCUT2D eigenvalue weighted by molar-refractivity contribution is -0.138. The van der Waals surface area contributed by atoms with Gasteiger partial charge in [-0.15, -0.1) is 0 Å². The molecule has 0 spiro atoms. The summed E-state index contributed by atoms with van der Waals surface area (Å²) in [6.45, 7) is 6.94. The van der Waals surface area contributed by atoms with E-state index in [2.05, 4.69) is 50.0 Å². The summed E-state index contributed by atoms with van der Waals surface area (Å²) in [6.07, 6.45) is 8.41. The maximum absolute atomic E-state index is 13.2. The number of piperidine rings is 2. The summed E-state index contributed by atoms with van der Waals surface area (Å²) in [7, 11) is 0. The van der Waals surface area contributed by atoms with Crippen molar-refractivity contribution < 1.29 is 4.79 Å². The number of likely N-dealkylation sites (tertiary alicyclic amines) is 2. The fourth-order valence-electron chi connectivity index (χ4n) is 5.48. The lowest BCUT2D eigenvalue weighted by Crippen LogP contribution is -2.50. The number of nitrogens with zero attached hydrogens (tertiary/aromatic N) is 4.